The quantitative estimate of drug-likeness (QED) is 0.801. The second-order valence-corrected chi connectivity index (χ2v) is 4.96. The minimum Gasteiger partial charge on any atom is -0.391 e. The lowest BCUT2D eigenvalue weighted by atomic mass is 9.98. The van der Waals surface area contributed by atoms with E-state index in [0.717, 1.165) is 31.4 Å². The molecule has 1 saturated carbocycles. The van der Waals surface area contributed by atoms with Crippen LogP contribution in [0.1, 0.15) is 31.2 Å². The first-order valence-electron chi connectivity index (χ1n) is 6.35. The number of benzene rings is 1. The van der Waals surface area contributed by atoms with Gasteiger partial charge in [0.05, 0.1) is 12.1 Å². The number of carbonyl (C=O) groups excluding carboxylic acids is 1. The molecular formula is C14H17NO2. The van der Waals surface area contributed by atoms with E-state index in [2.05, 4.69) is 6.07 Å². The van der Waals surface area contributed by atoms with Crippen molar-refractivity contribution in [1.82, 2.24) is 0 Å². The first-order valence-corrected chi connectivity index (χ1v) is 6.35. The molecule has 0 unspecified atom stereocenters. The molecule has 0 aromatic heterocycles. The molecule has 1 aliphatic carbocycles. The van der Waals surface area contributed by atoms with Gasteiger partial charge in [-0.15, -0.1) is 0 Å². The molecular weight excluding hydrogens is 214 g/mol. The van der Waals surface area contributed by atoms with Crippen LogP contribution >= 0.6 is 0 Å². The minimum absolute atomic E-state index is 0.0102. The van der Waals surface area contributed by atoms with Crippen LogP contribution in [0.4, 0.5) is 5.69 Å². The molecule has 1 aromatic carbocycles. The highest BCUT2D eigenvalue weighted by atomic mass is 16.3. The van der Waals surface area contributed by atoms with Crippen molar-refractivity contribution in [1.29, 1.82) is 0 Å². The summed E-state index contributed by atoms with van der Waals surface area (Å²) in [5, 5.41) is 9.99. The first-order chi connectivity index (χ1) is 8.27. The lowest BCUT2D eigenvalue weighted by Gasteiger charge is -2.35. The van der Waals surface area contributed by atoms with E-state index in [1.165, 1.54) is 5.56 Å². The van der Waals surface area contributed by atoms with Crippen LogP contribution in [0.25, 0.3) is 0 Å². The van der Waals surface area contributed by atoms with Crippen molar-refractivity contribution < 1.29 is 9.90 Å². The van der Waals surface area contributed by atoms with Gasteiger partial charge in [0.2, 0.25) is 5.91 Å². The zero-order chi connectivity index (χ0) is 11.8. The van der Waals surface area contributed by atoms with Gasteiger partial charge in [0.1, 0.15) is 0 Å². The summed E-state index contributed by atoms with van der Waals surface area (Å²) in [5.74, 6) is 0.162. The van der Waals surface area contributed by atoms with Crippen LogP contribution in [0.5, 0.6) is 0 Å². The molecule has 0 radical (unpaired) electrons. The molecule has 3 rings (SSSR count). The van der Waals surface area contributed by atoms with E-state index in [1.54, 1.807) is 0 Å². The zero-order valence-electron chi connectivity index (χ0n) is 9.80. The fourth-order valence-electron chi connectivity index (χ4n) is 3.04. The Morgan fingerprint density at radius 3 is 2.76 bits per heavy atom. The van der Waals surface area contributed by atoms with E-state index in [1.807, 2.05) is 23.1 Å². The van der Waals surface area contributed by atoms with Gasteiger partial charge >= 0.3 is 0 Å². The third kappa shape index (κ3) is 1.75. The molecule has 1 aromatic rings. The molecule has 1 heterocycles. The molecule has 1 N–H and O–H groups in total. The number of nitrogens with zero attached hydrogens (tertiary/aromatic N) is 1. The summed E-state index contributed by atoms with van der Waals surface area (Å²) < 4.78 is 0. The fraction of sp³-hybridized carbons (Fsp3) is 0.500. The van der Waals surface area contributed by atoms with Gasteiger partial charge in [-0.25, -0.2) is 0 Å². The maximum atomic E-state index is 12.1. The Labute approximate surface area is 101 Å². The summed E-state index contributed by atoms with van der Waals surface area (Å²) in [4.78, 5) is 13.9. The zero-order valence-corrected chi connectivity index (χ0v) is 9.80. The molecule has 0 spiro atoms. The average Bonchev–Trinajstić information content (AvgIpc) is 2.75. The van der Waals surface area contributed by atoms with Gasteiger partial charge in [-0.3, -0.25) is 4.79 Å². The van der Waals surface area contributed by atoms with Crippen LogP contribution in [-0.2, 0) is 11.2 Å². The number of para-hydroxylation sites is 1. The minimum atomic E-state index is -0.356. The number of amides is 1. The number of anilines is 1. The van der Waals surface area contributed by atoms with Crippen molar-refractivity contribution in [3.05, 3.63) is 29.8 Å². The predicted molar refractivity (Wildman–Crippen MR) is 65.9 cm³/mol. The highest BCUT2D eigenvalue weighted by Gasteiger charge is 2.36. The van der Waals surface area contributed by atoms with Gasteiger partial charge in [0.15, 0.2) is 0 Å². The van der Waals surface area contributed by atoms with Crippen molar-refractivity contribution >= 4 is 11.6 Å². The smallest absolute Gasteiger partial charge is 0.227 e. The molecule has 3 nitrogen and oxygen atoms in total. The number of rotatable bonds is 1. The lowest BCUT2D eigenvalue weighted by Crippen LogP contribution is -2.46. The van der Waals surface area contributed by atoms with Crippen molar-refractivity contribution in [2.75, 3.05) is 4.90 Å². The Balaban J connectivity index is 2.00. The van der Waals surface area contributed by atoms with Crippen LogP contribution in [0.2, 0.25) is 0 Å². The van der Waals surface area contributed by atoms with Gasteiger partial charge in [-0.2, -0.15) is 0 Å². The van der Waals surface area contributed by atoms with E-state index in [4.69, 9.17) is 0 Å². The van der Waals surface area contributed by atoms with Crippen LogP contribution in [0, 0.1) is 0 Å². The third-order valence-corrected chi connectivity index (χ3v) is 3.90. The van der Waals surface area contributed by atoms with E-state index in [-0.39, 0.29) is 18.1 Å². The van der Waals surface area contributed by atoms with Gasteiger partial charge in [-0.05, 0) is 37.3 Å². The fourth-order valence-corrected chi connectivity index (χ4v) is 3.04. The molecule has 0 saturated heterocycles. The summed E-state index contributed by atoms with van der Waals surface area (Å²) in [7, 11) is 0. The van der Waals surface area contributed by atoms with Gasteiger partial charge in [0.25, 0.3) is 0 Å². The van der Waals surface area contributed by atoms with Gasteiger partial charge < -0.3 is 10.0 Å². The summed E-state index contributed by atoms with van der Waals surface area (Å²) in [5.41, 5.74) is 2.24. The van der Waals surface area contributed by atoms with Crippen LogP contribution in [0.3, 0.4) is 0 Å². The van der Waals surface area contributed by atoms with Gasteiger partial charge in [0, 0.05) is 12.1 Å². The van der Waals surface area contributed by atoms with Crippen molar-refractivity contribution in [3.8, 4) is 0 Å². The summed E-state index contributed by atoms with van der Waals surface area (Å²) in [6.07, 6.45) is 3.79. The largest absolute Gasteiger partial charge is 0.391 e. The Morgan fingerprint density at radius 2 is 2.00 bits per heavy atom. The number of aryl methyl sites for hydroxylation is 1. The van der Waals surface area contributed by atoms with Crippen molar-refractivity contribution in [3.63, 3.8) is 0 Å². The SMILES string of the molecule is O=C1CCc2ccccc2N1[C@H]1CCC[C@@H]1O. The van der Waals surface area contributed by atoms with Crippen molar-refractivity contribution in [2.24, 2.45) is 0 Å². The predicted octanol–water partition coefficient (Wildman–Crippen LogP) is 1.88. The lowest BCUT2D eigenvalue weighted by molar-refractivity contribution is -0.119. The van der Waals surface area contributed by atoms with E-state index < -0.39 is 0 Å². The Kier molecular flexibility index (Phi) is 2.63. The second-order valence-electron chi connectivity index (χ2n) is 4.96. The Morgan fingerprint density at radius 1 is 1.18 bits per heavy atom. The van der Waals surface area contributed by atoms with Gasteiger partial charge in [-0.1, -0.05) is 18.2 Å². The Bertz CT molecular complexity index is 444. The molecule has 1 aliphatic heterocycles. The number of fused-ring (bicyclic) bond motifs is 1. The molecule has 2 aliphatic rings. The van der Waals surface area contributed by atoms with Crippen LogP contribution in [-0.4, -0.2) is 23.2 Å². The number of hydrogen-bond acceptors (Lipinski definition) is 2. The number of carbonyl (C=O) groups is 1. The molecule has 90 valence electrons. The van der Waals surface area contributed by atoms with Crippen LogP contribution in [0.15, 0.2) is 24.3 Å². The summed E-state index contributed by atoms with van der Waals surface area (Å²) in [6, 6.07) is 8.04. The van der Waals surface area contributed by atoms with E-state index in [9.17, 15) is 9.90 Å². The first kappa shape index (κ1) is 10.8. The average molecular weight is 231 g/mol. The third-order valence-electron chi connectivity index (χ3n) is 3.90. The Hall–Kier alpha value is -1.35. The van der Waals surface area contributed by atoms with E-state index in [0.29, 0.717) is 6.42 Å². The monoisotopic (exact) mass is 231 g/mol. The molecule has 0 bridgehead atoms. The van der Waals surface area contributed by atoms with Crippen LogP contribution < -0.4 is 4.90 Å². The topological polar surface area (TPSA) is 40.5 Å². The number of hydrogen-bond donors (Lipinski definition) is 1. The number of aliphatic hydroxyl groups excluding tert-OH is 1. The normalized spacial score (nSPS) is 28.3. The summed E-state index contributed by atoms with van der Waals surface area (Å²) >= 11 is 0. The molecule has 1 amide bonds. The summed E-state index contributed by atoms with van der Waals surface area (Å²) in [6.45, 7) is 0. The maximum absolute atomic E-state index is 12.1. The molecule has 3 heteroatoms. The van der Waals surface area contributed by atoms with Crippen molar-refractivity contribution in [2.45, 2.75) is 44.2 Å². The standard InChI is InChI=1S/C14H17NO2/c16-13-7-3-6-12(13)15-11-5-2-1-4-10(11)8-9-14(15)17/h1-2,4-5,12-13,16H,3,6-9H2/t12-,13-/m0/s1. The maximum Gasteiger partial charge on any atom is 0.227 e. The second kappa shape index (κ2) is 4.15. The molecule has 1 fully saturated rings. The highest BCUT2D eigenvalue weighted by molar-refractivity contribution is 5.97. The molecule has 17 heavy (non-hydrogen) atoms. The highest BCUT2D eigenvalue weighted by Crippen LogP contribution is 2.34. The van der Waals surface area contributed by atoms with E-state index >= 15 is 0 Å². The number of aliphatic hydroxyl groups is 1. The molecule has 2 atom stereocenters.